The van der Waals surface area contributed by atoms with Crippen LogP contribution >= 0.6 is 0 Å². The maximum absolute atomic E-state index is 13.7. The number of carbonyl (C=O) groups is 1. The summed E-state index contributed by atoms with van der Waals surface area (Å²) in [4.78, 5) is 15.9. The van der Waals surface area contributed by atoms with Crippen LogP contribution in [0.3, 0.4) is 0 Å². The van der Waals surface area contributed by atoms with E-state index in [2.05, 4.69) is 150 Å². The van der Waals surface area contributed by atoms with Crippen LogP contribution in [0.4, 0.5) is 5.69 Å². The molecule has 5 nitrogen and oxygen atoms in total. The summed E-state index contributed by atoms with van der Waals surface area (Å²) < 4.78 is 8.65. The average Bonchev–Trinajstić information content (AvgIpc) is 3.30. The van der Waals surface area contributed by atoms with Crippen LogP contribution in [0.1, 0.15) is 83.2 Å². The van der Waals surface area contributed by atoms with Crippen molar-refractivity contribution in [3.05, 3.63) is 101 Å². The summed E-state index contributed by atoms with van der Waals surface area (Å²) in [5.41, 5.74) is 8.86. The Labute approximate surface area is 264 Å². The summed E-state index contributed by atoms with van der Waals surface area (Å²) in [7, 11) is 2.06. The molecule has 0 saturated carbocycles. The number of rotatable bonds is 7. The fourth-order valence-corrected chi connectivity index (χ4v) is 6.50. The molecule has 2 heterocycles. The van der Waals surface area contributed by atoms with Crippen LogP contribution in [0.15, 0.2) is 72.9 Å². The smallest absolute Gasteiger partial charge is 0.243 e. The Morgan fingerprint density at radius 1 is 0.864 bits per heavy atom. The minimum absolute atomic E-state index is 0.0552. The van der Waals surface area contributed by atoms with Gasteiger partial charge in [0.15, 0.2) is 0 Å². The first-order valence-corrected chi connectivity index (χ1v) is 16.1. The van der Waals surface area contributed by atoms with Crippen molar-refractivity contribution in [3.8, 4) is 0 Å². The molecule has 234 valence electrons. The number of anilines is 1. The number of amides is 1. The second-order valence-electron chi connectivity index (χ2n) is 15.1. The van der Waals surface area contributed by atoms with Crippen molar-refractivity contribution < 1.29 is 9.53 Å². The third-order valence-corrected chi connectivity index (χ3v) is 9.05. The molecule has 0 radical (unpaired) electrons. The van der Waals surface area contributed by atoms with Crippen molar-refractivity contribution in [2.24, 2.45) is 5.92 Å². The second-order valence-corrected chi connectivity index (χ2v) is 15.1. The summed E-state index contributed by atoms with van der Waals surface area (Å²) in [6.07, 6.45) is 3.00. The number of carbonyl (C=O) groups excluding carboxylic acids is 1. The monoisotopic (exact) mass is 593 g/mol. The third kappa shape index (κ3) is 6.89. The molecule has 5 heteroatoms. The Bertz CT molecular complexity index is 1580. The van der Waals surface area contributed by atoms with Crippen molar-refractivity contribution in [3.63, 3.8) is 0 Å². The number of hydrogen-bond acceptors (Lipinski definition) is 3. The lowest BCUT2D eigenvalue weighted by atomic mass is 9.87. The van der Waals surface area contributed by atoms with Crippen molar-refractivity contribution in [2.45, 2.75) is 97.9 Å². The zero-order chi connectivity index (χ0) is 31.8. The van der Waals surface area contributed by atoms with Gasteiger partial charge >= 0.3 is 0 Å². The van der Waals surface area contributed by atoms with Gasteiger partial charge in [0.25, 0.3) is 0 Å². The van der Waals surface area contributed by atoms with E-state index >= 15 is 0 Å². The van der Waals surface area contributed by atoms with Crippen molar-refractivity contribution in [2.75, 3.05) is 18.6 Å². The number of aromatic nitrogens is 1. The molecule has 0 bridgehead atoms. The molecule has 1 amide bonds. The van der Waals surface area contributed by atoms with Crippen molar-refractivity contribution in [1.82, 2.24) is 9.88 Å². The molecule has 0 aliphatic carbocycles. The number of likely N-dealkylation sites (N-methyl/N-ethyl adjacent to an activating group) is 1. The highest BCUT2D eigenvalue weighted by atomic mass is 16.5. The topological polar surface area (TPSA) is 46.5 Å². The largest absolute Gasteiger partial charge is 0.375 e. The highest BCUT2D eigenvalue weighted by molar-refractivity contribution is 5.98. The van der Waals surface area contributed by atoms with E-state index in [9.17, 15) is 4.79 Å². The van der Waals surface area contributed by atoms with Gasteiger partial charge in [0.05, 0.1) is 24.8 Å². The van der Waals surface area contributed by atoms with Crippen LogP contribution in [-0.4, -0.2) is 36.2 Å². The fraction of sp³-hybridized carbons (Fsp3) is 0.462. The van der Waals surface area contributed by atoms with Gasteiger partial charge in [0.1, 0.15) is 6.04 Å². The lowest BCUT2D eigenvalue weighted by Crippen LogP contribution is -2.52. The van der Waals surface area contributed by atoms with Gasteiger partial charge in [-0.3, -0.25) is 4.79 Å². The zero-order valence-electron chi connectivity index (χ0n) is 28.2. The summed E-state index contributed by atoms with van der Waals surface area (Å²) in [6, 6.07) is 23.8. The van der Waals surface area contributed by atoms with Gasteiger partial charge < -0.3 is 19.5 Å². The standard InChI is InChI=1S/C39H51N3O2/c1-26(2)36-37(43)40-32(25-44-24-28-15-19-31(20-16-28)39(6,7)8)21-29-23-42(34-12-10-11-33(35(29)34)41(36)9)22-27-13-17-30(18-14-27)38(3,4)5/h10-20,23,26,32,36H,21-22,24-25H2,1-9H3,(H,40,43)/t32-,36-/m0/s1. The van der Waals surface area contributed by atoms with Crippen LogP contribution in [0.25, 0.3) is 10.9 Å². The first-order valence-electron chi connectivity index (χ1n) is 16.1. The maximum Gasteiger partial charge on any atom is 0.243 e. The fourth-order valence-electron chi connectivity index (χ4n) is 6.50. The Balaban J connectivity index is 1.44. The summed E-state index contributed by atoms with van der Waals surface area (Å²) in [6.45, 7) is 19.4. The first-order chi connectivity index (χ1) is 20.7. The van der Waals surface area contributed by atoms with E-state index in [1.54, 1.807) is 0 Å². The molecule has 44 heavy (non-hydrogen) atoms. The van der Waals surface area contributed by atoms with Gasteiger partial charge in [-0.2, -0.15) is 0 Å². The lowest BCUT2D eigenvalue weighted by Gasteiger charge is -2.32. The molecule has 5 rings (SSSR count). The minimum atomic E-state index is -0.285. The molecule has 1 aromatic heterocycles. The summed E-state index contributed by atoms with van der Waals surface area (Å²) >= 11 is 0. The lowest BCUT2D eigenvalue weighted by molar-refractivity contribution is -0.124. The molecule has 3 aromatic carbocycles. The predicted molar refractivity (Wildman–Crippen MR) is 184 cm³/mol. The molecule has 1 N–H and O–H groups in total. The predicted octanol–water partition coefficient (Wildman–Crippen LogP) is 8.00. The Morgan fingerprint density at radius 2 is 1.45 bits per heavy atom. The molecule has 0 saturated heterocycles. The van der Waals surface area contributed by atoms with Crippen LogP contribution in [0.2, 0.25) is 0 Å². The summed E-state index contributed by atoms with van der Waals surface area (Å²) in [5.74, 6) is 0.197. The maximum atomic E-state index is 13.7. The molecule has 2 atom stereocenters. The van der Waals surface area contributed by atoms with E-state index in [0.29, 0.717) is 19.6 Å². The Hall–Kier alpha value is -3.57. The van der Waals surface area contributed by atoms with Gasteiger partial charge in [-0.25, -0.2) is 0 Å². The van der Waals surface area contributed by atoms with Gasteiger partial charge in [0, 0.05) is 30.9 Å². The zero-order valence-corrected chi connectivity index (χ0v) is 28.2. The first kappa shape index (κ1) is 31.8. The molecule has 4 aromatic rings. The Morgan fingerprint density at radius 3 is 2.02 bits per heavy atom. The molecule has 0 spiro atoms. The van der Waals surface area contributed by atoms with Crippen LogP contribution in [0.5, 0.6) is 0 Å². The molecule has 1 aliphatic rings. The molecule has 0 fully saturated rings. The number of nitrogens with one attached hydrogen (secondary N) is 1. The normalized spacial score (nSPS) is 17.9. The van der Waals surface area contributed by atoms with E-state index in [1.807, 2.05) is 0 Å². The van der Waals surface area contributed by atoms with E-state index < -0.39 is 0 Å². The average molecular weight is 594 g/mol. The molecule has 0 unspecified atom stereocenters. The minimum Gasteiger partial charge on any atom is -0.375 e. The third-order valence-electron chi connectivity index (χ3n) is 9.05. The number of nitrogens with zero attached hydrogens (tertiary/aromatic N) is 2. The van der Waals surface area contributed by atoms with Gasteiger partial charge in [-0.1, -0.05) is 110 Å². The summed E-state index contributed by atoms with van der Waals surface area (Å²) in [5, 5.41) is 4.61. The van der Waals surface area contributed by atoms with Gasteiger partial charge in [-0.15, -0.1) is 0 Å². The van der Waals surface area contributed by atoms with Gasteiger partial charge in [-0.05, 0) is 63.1 Å². The van der Waals surface area contributed by atoms with E-state index in [1.165, 1.54) is 33.2 Å². The molecular weight excluding hydrogens is 542 g/mol. The van der Waals surface area contributed by atoms with Crippen molar-refractivity contribution >= 4 is 22.5 Å². The van der Waals surface area contributed by atoms with Crippen LogP contribution < -0.4 is 10.2 Å². The molecular formula is C39H51N3O2. The van der Waals surface area contributed by atoms with Crippen molar-refractivity contribution in [1.29, 1.82) is 0 Å². The van der Waals surface area contributed by atoms with E-state index in [-0.39, 0.29) is 34.7 Å². The second kappa shape index (κ2) is 12.4. The number of benzene rings is 3. The molecule has 1 aliphatic heterocycles. The quantitative estimate of drug-likeness (QED) is 0.236. The number of ether oxygens (including phenoxy) is 1. The van der Waals surface area contributed by atoms with E-state index in [4.69, 9.17) is 4.74 Å². The Kier molecular flexibility index (Phi) is 9.00. The highest BCUT2D eigenvalue weighted by Gasteiger charge is 2.32. The van der Waals surface area contributed by atoms with E-state index in [0.717, 1.165) is 17.8 Å². The SMILES string of the molecule is CC(C)[C@H]1C(=O)N[C@H](COCc2ccc(C(C)(C)C)cc2)Cc2cn(Cc3ccc(C(C)(C)C)cc3)c3cccc(c23)N1C. The van der Waals surface area contributed by atoms with Gasteiger partial charge in [0.2, 0.25) is 5.91 Å². The van der Waals surface area contributed by atoms with Crippen LogP contribution in [0, 0.1) is 5.92 Å². The number of hydrogen-bond donors (Lipinski definition) is 1. The van der Waals surface area contributed by atoms with Crippen LogP contribution in [-0.2, 0) is 39.9 Å². The highest BCUT2D eigenvalue weighted by Crippen LogP contribution is 2.35.